The van der Waals surface area contributed by atoms with Crippen LogP contribution in [0.2, 0.25) is 0 Å². The van der Waals surface area contributed by atoms with E-state index in [0.717, 1.165) is 28.6 Å². The molecule has 210 valence electrons. The molecule has 2 heterocycles. The molecule has 2 aromatic heterocycles. The summed E-state index contributed by atoms with van der Waals surface area (Å²) in [6.45, 7) is 0. The van der Waals surface area contributed by atoms with E-state index in [2.05, 4.69) is 15.5 Å². The van der Waals surface area contributed by atoms with Gasteiger partial charge in [0.05, 0.1) is 17.0 Å². The molecule has 6 aromatic rings. The quantitative estimate of drug-likeness (QED) is 0.103. The molecule has 0 radical (unpaired) electrons. The first kappa shape index (κ1) is 27.6. The highest BCUT2D eigenvalue weighted by molar-refractivity contribution is 7.99. The van der Waals surface area contributed by atoms with E-state index in [1.807, 2.05) is 97.2 Å². The predicted molar refractivity (Wildman–Crippen MR) is 168 cm³/mol. The first-order chi connectivity index (χ1) is 21.1. The number of amides is 1. The predicted octanol–water partition coefficient (Wildman–Crippen LogP) is 7.22. The van der Waals surface area contributed by atoms with E-state index in [1.54, 1.807) is 35.0 Å². The van der Waals surface area contributed by atoms with Crippen molar-refractivity contribution in [3.8, 4) is 28.4 Å². The van der Waals surface area contributed by atoms with Crippen LogP contribution in [-0.2, 0) is 4.79 Å². The smallest absolute Gasteiger partial charge is 0.277 e. The third kappa shape index (κ3) is 6.86. The monoisotopic (exact) mass is 583 g/mol. The summed E-state index contributed by atoms with van der Waals surface area (Å²) in [6.07, 6.45) is 5.17. The van der Waals surface area contributed by atoms with Gasteiger partial charge in [-0.05, 0) is 48.0 Å². The van der Waals surface area contributed by atoms with Crippen LogP contribution in [0, 0.1) is 0 Å². The molecule has 1 N–H and O–H groups in total. The average Bonchev–Trinajstić information content (AvgIpc) is 3.72. The molecule has 0 spiro atoms. The van der Waals surface area contributed by atoms with Gasteiger partial charge in [0, 0.05) is 23.0 Å². The minimum atomic E-state index is -0.241. The van der Waals surface area contributed by atoms with E-state index in [9.17, 15) is 9.59 Å². The Morgan fingerprint density at radius 1 is 0.814 bits per heavy atom. The highest BCUT2D eigenvalue weighted by Gasteiger charge is 2.20. The molecule has 0 unspecified atom stereocenters. The molecular weight excluding hydrogens is 558 g/mol. The van der Waals surface area contributed by atoms with Crippen LogP contribution in [0.3, 0.4) is 0 Å². The summed E-state index contributed by atoms with van der Waals surface area (Å²) in [5, 5.41) is 16.3. The van der Waals surface area contributed by atoms with E-state index in [-0.39, 0.29) is 22.7 Å². The second-order valence-corrected chi connectivity index (χ2v) is 10.4. The van der Waals surface area contributed by atoms with Crippen molar-refractivity contribution in [2.75, 3.05) is 11.1 Å². The van der Waals surface area contributed by atoms with Crippen molar-refractivity contribution in [3.63, 3.8) is 0 Å². The molecule has 0 bridgehead atoms. The van der Waals surface area contributed by atoms with Crippen molar-refractivity contribution in [3.05, 3.63) is 139 Å². The number of thioether (sulfide) groups is 1. The molecule has 1 amide bonds. The zero-order valence-electron chi connectivity index (χ0n) is 22.8. The van der Waals surface area contributed by atoms with Gasteiger partial charge in [0.2, 0.25) is 5.91 Å². The summed E-state index contributed by atoms with van der Waals surface area (Å²) in [6, 6.07) is 36.0. The van der Waals surface area contributed by atoms with Crippen molar-refractivity contribution >= 4 is 35.2 Å². The maximum absolute atomic E-state index is 12.6. The molecule has 43 heavy (non-hydrogen) atoms. The Bertz CT molecular complexity index is 1870. The molecule has 0 aliphatic carbocycles. The summed E-state index contributed by atoms with van der Waals surface area (Å²) in [5.74, 6) is 0.0196. The fourth-order valence-electron chi connectivity index (χ4n) is 4.30. The second-order valence-electron chi connectivity index (χ2n) is 9.43. The number of carbonyl (C=O) groups excluding carboxylic acids is 2. The van der Waals surface area contributed by atoms with Crippen LogP contribution >= 0.6 is 11.8 Å². The number of nitrogens with one attached hydrogen (secondary N) is 1. The summed E-state index contributed by atoms with van der Waals surface area (Å²) in [5.41, 5.74) is 5.28. The molecule has 0 saturated heterocycles. The van der Waals surface area contributed by atoms with Gasteiger partial charge in [-0.2, -0.15) is 5.10 Å². The number of rotatable bonds is 10. The SMILES string of the molecule is O=C(CSc1nnc(-c2cn(-c3ccccc3)nc2-c2ccccc2)o1)Nc1ccc(C(=O)C=Cc2ccccc2)cc1. The Morgan fingerprint density at radius 2 is 1.49 bits per heavy atom. The Kier molecular flexibility index (Phi) is 8.33. The van der Waals surface area contributed by atoms with E-state index in [4.69, 9.17) is 9.52 Å². The number of benzene rings is 4. The number of allylic oxidation sites excluding steroid dienone is 1. The number of anilines is 1. The largest absolute Gasteiger partial charge is 0.411 e. The summed E-state index contributed by atoms with van der Waals surface area (Å²) in [7, 11) is 0. The van der Waals surface area contributed by atoms with E-state index in [0.29, 0.717) is 28.4 Å². The van der Waals surface area contributed by atoms with Gasteiger partial charge in [0.25, 0.3) is 11.1 Å². The van der Waals surface area contributed by atoms with Crippen LogP contribution in [0.4, 0.5) is 5.69 Å². The molecule has 0 aliphatic rings. The number of carbonyl (C=O) groups is 2. The van der Waals surface area contributed by atoms with Crippen LogP contribution in [0.1, 0.15) is 15.9 Å². The molecular formula is C34H25N5O3S. The molecule has 0 atom stereocenters. The van der Waals surface area contributed by atoms with Gasteiger partial charge in [-0.1, -0.05) is 96.7 Å². The molecule has 0 aliphatic heterocycles. The number of ketones is 1. The molecule has 0 fully saturated rings. The van der Waals surface area contributed by atoms with Crippen LogP contribution in [0.15, 0.2) is 137 Å². The Labute approximate surface area is 252 Å². The topological polar surface area (TPSA) is 103 Å². The Balaban J connectivity index is 1.09. The lowest BCUT2D eigenvalue weighted by molar-refractivity contribution is -0.113. The van der Waals surface area contributed by atoms with Crippen molar-refractivity contribution in [1.82, 2.24) is 20.0 Å². The van der Waals surface area contributed by atoms with Gasteiger partial charge in [-0.25, -0.2) is 4.68 Å². The molecule has 9 heteroatoms. The van der Waals surface area contributed by atoms with E-state index < -0.39 is 0 Å². The van der Waals surface area contributed by atoms with Crippen LogP contribution < -0.4 is 5.32 Å². The van der Waals surface area contributed by atoms with Crippen molar-refractivity contribution < 1.29 is 14.0 Å². The Hall–Kier alpha value is -5.54. The number of nitrogens with zero attached hydrogens (tertiary/aromatic N) is 4. The first-order valence-corrected chi connectivity index (χ1v) is 14.5. The second kappa shape index (κ2) is 13.0. The van der Waals surface area contributed by atoms with Crippen LogP contribution in [0.25, 0.3) is 34.5 Å². The fraction of sp³-hybridized carbons (Fsp3) is 0.0294. The van der Waals surface area contributed by atoms with Gasteiger partial charge in [-0.3, -0.25) is 9.59 Å². The first-order valence-electron chi connectivity index (χ1n) is 13.5. The molecule has 4 aromatic carbocycles. The highest BCUT2D eigenvalue weighted by Crippen LogP contribution is 2.32. The number of hydrogen-bond acceptors (Lipinski definition) is 7. The zero-order valence-corrected chi connectivity index (χ0v) is 23.6. The average molecular weight is 584 g/mol. The lowest BCUT2D eigenvalue weighted by Gasteiger charge is -2.04. The number of hydrogen-bond donors (Lipinski definition) is 1. The highest BCUT2D eigenvalue weighted by atomic mass is 32.2. The van der Waals surface area contributed by atoms with Crippen LogP contribution in [-0.4, -0.2) is 37.4 Å². The molecule has 6 rings (SSSR count). The lowest BCUT2D eigenvalue weighted by Crippen LogP contribution is -2.14. The summed E-state index contributed by atoms with van der Waals surface area (Å²) >= 11 is 1.14. The standard InChI is InChI=1S/C34H25N5O3S/c40-30(21-16-24-10-4-1-5-11-24)25-17-19-27(20-18-25)35-31(41)23-43-34-37-36-33(42-34)29-22-39(28-14-8-3-9-15-28)38-32(29)26-12-6-2-7-13-26/h1-22H,23H2,(H,35,41). The number of para-hydroxylation sites is 1. The van der Waals surface area contributed by atoms with Gasteiger partial charge in [0.1, 0.15) is 5.69 Å². The molecule has 8 nitrogen and oxygen atoms in total. The van der Waals surface area contributed by atoms with Crippen LogP contribution in [0.5, 0.6) is 0 Å². The third-order valence-electron chi connectivity index (χ3n) is 6.43. The maximum Gasteiger partial charge on any atom is 0.277 e. The third-order valence-corrected chi connectivity index (χ3v) is 7.24. The van der Waals surface area contributed by atoms with Gasteiger partial charge < -0.3 is 9.73 Å². The summed E-state index contributed by atoms with van der Waals surface area (Å²) < 4.78 is 7.72. The number of aromatic nitrogens is 4. The Morgan fingerprint density at radius 3 is 2.21 bits per heavy atom. The van der Waals surface area contributed by atoms with Gasteiger partial charge in [-0.15, -0.1) is 10.2 Å². The van der Waals surface area contributed by atoms with E-state index in [1.165, 1.54) is 6.08 Å². The molecule has 0 saturated carbocycles. The van der Waals surface area contributed by atoms with E-state index >= 15 is 0 Å². The zero-order chi connectivity index (χ0) is 29.4. The van der Waals surface area contributed by atoms with Gasteiger partial charge in [0.15, 0.2) is 5.78 Å². The minimum Gasteiger partial charge on any atom is -0.411 e. The normalized spacial score (nSPS) is 11.1. The summed E-state index contributed by atoms with van der Waals surface area (Å²) in [4.78, 5) is 25.1. The fourth-order valence-corrected chi connectivity index (χ4v) is 4.87. The lowest BCUT2D eigenvalue weighted by atomic mass is 10.1. The maximum atomic E-state index is 12.6. The van der Waals surface area contributed by atoms with Crippen molar-refractivity contribution in [2.24, 2.45) is 0 Å². The van der Waals surface area contributed by atoms with Crippen molar-refractivity contribution in [2.45, 2.75) is 5.22 Å². The van der Waals surface area contributed by atoms with Gasteiger partial charge >= 0.3 is 0 Å². The minimum absolute atomic E-state index is 0.0664. The van der Waals surface area contributed by atoms with Crippen molar-refractivity contribution in [1.29, 1.82) is 0 Å².